The van der Waals surface area contributed by atoms with Gasteiger partial charge in [-0.2, -0.15) is 0 Å². The van der Waals surface area contributed by atoms with Crippen molar-refractivity contribution < 1.29 is 24.0 Å². The van der Waals surface area contributed by atoms with Gasteiger partial charge in [0.05, 0.1) is 22.7 Å². The molecule has 1 N–H and O–H groups in total. The SMILES string of the molecule is CCOc1ccc(NC(=O)CN2C(=O)c3ccccc3C2=O)cc1[N+](=O)[O-]. The fraction of sp³-hybridized carbons (Fsp3) is 0.167. The van der Waals surface area contributed by atoms with Crippen LogP contribution in [0, 0.1) is 10.1 Å². The van der Waals surface area contributed by atoms with E-state index in [1.807, 2.05) is 0 Å². The zero-order valence-electron chi connectivity index (χ0n) is 14.3. The predicted molar refractivity (Wildman–Crippen MR) is 94.7 cm³/mol. The van der Waals surface area contributed by atoms with Gasteiger partial charge in [0.2, 0.25) is 5.91 Å². The van der Waals surface area contributed by atoms with Gasteiger partial charge in [-0.05, 0) is 31.2 Å². The topological polar surface area (TPSA) is 119 Å². The van der Waals surface area contributed by atoms with Crippen LogP contribution in [0.2, 0.25) is 0 Å². The van der Waals surface area contributed by atoms with Crippen molar-refractivity contribution in [3.8, 4) is 5.75 Å². The van der Waals surface area contributed by atoms with Crippen LogP contribution in [0.25, 0.3) is 0 Å². The lowest BCUT2D eigenvalue weighted by molar-refractivity contribution is -0.385. The normalized spacial score (nSPS) is 12.7. The summed E-state index contributed by atoms with van der Waals surface area (Å²) in [5.41, 5.74) is 0.348. The lowest BCUT2D eigenvalue weighted by Gasteiger charge is -2.14. The molecule has 0 aromatic heterocycles. The summed E-state index contributed by atoms with van der Waals surface area (Å²) in [5.74, 6) is -1.67. The standard InChI is InChI=1S/C18H15N3O6/c1-2-27-15-8-7-11(9-14(15)21(25)26)19-16(22)10-20-17(23)12-5-3-4-6-13(12)18(20)24/h3-9H,2,10H2,1H3,(H,19,22). The largest absolute Gasteiger partial charge is 0.487 e. The molecule has 9 nitrogen and oxygen atoms in total. The van der Waals surface area contributed by atoms with Crippen LogP contribution in [0.3, 0.4) is 0 Å². The third-order valence-electron chi connectivity index (χ3n) is 3.92. The van der Waals surface area contributed by atoms with Gasteiger partial charge >= 0.3 is 5.69 Å². The highest BCUT2D eigenvalue weighted by Gasteiger charge is 2.36. The second-order valence-electron chi connectivity index (χ2n) is 5.66. The molecule has 138 valence electrons. The molecule has 1 aliphatic heterocycles. The minimum Gasteiger partial charge on any atom is -0.487 e. The fourth-order valence-electron chi connectivity index (χ4n) is 2.74. The van der Waals surface area contributed by atoms with Gasteiger partial charge < -0.3 is 10.1 Å². The molecule has 3 amide bonds. The van der Waals surface area contributed by atoms with E-state index in [9.17, 15) is 24.5 Å². The third-order valence-corrected chi connectivity index (χ3v) is 3.92. The first-order valence-electron chi connectivity index (χ1n) is 8.08. The van der Waals surface area contributed by atoms with E-state index in [1.54, 1.807) is 19.1 Å². The first-order valence-corrected chi connectivity index (χ1v) is 8.08. The van der Waals surface area contributed by atoms with Gasteiger partial charge in [0, 0.05) is 11.8 Å². The highest BCUT2D eigenvalue weighted by molar-refractivity contribution is 6.22. The average molecular weight is 369 g/mol. The summed E-state index contributed by atoms with van der Waals surface area (Å²) in [7, 11) is 0. The first kappa shape index (κ1) is 18.1. The molecule has 0 saturated heterocycles. The summed E-state index contributed by atoms with van der Waals surface area (Å²) >= 11 is 0. The number of nitro benzene ring substituents is 1. The molecule has 2 aromatic carbocycles. The molecule has 0 fully saturated rings. The Morgan fingerprint density at radius 2 is 1.78 bits per heavy atom. The Kier molecular flexibility index (Phi) is 4.84. The van der Waals surface area contributed by atoms with Crippen LogP contribution < -0.4 is 10.1 Å². The number of benzene rings is 2. The molecule has 0 bridgehead atoms. The summed E-state index contributed by atoms with van der Waals surface area (Å²) in [5, 5.41) is 13.6. The molecule has 0 unspecified atom stereocenters. The van der Waals surface area contributed by atoms with Crippen LogP contribution in [0.4, 0.5) is 11.4 Å². The zero-order chi connectivity index (χ0) is 19.6. The second kappa shape index (κ2) is 7.24. The number of nitrogens with one attached hydrogen (secondary N) is 1. The average Bonchev–Trinajstić information content (AvgIpc) is 2.88. The smallest absolute Gasteiger partial charge is 0.312 e. The molecule has 27 heavy (non-hydrogen) atoms. The molecule has 1 aliphatic rings. The van der Waals surface area contributed by atoms with Crippen LogP contribution in [-0.2, 0) is 4.79 Å². The fourth-order valence-corrected chi connectivity index (χ4v) is 2.74. The number of nitrogens with zero attached hydrogens (tertiary/aromatic N) is 2. The van der Waals surface area contributed by atoms with Crippen LogP contribution in [-0.4, -0.2) is 40.7 Å². The third kappa shape index (κ3) is 3.47. The first-order chi connectivity index (χ1) is 12.9. The number of hydrogen-bond donors (Lipinski definition) is 1. The molecular formula is C18H15N3O6. The molecule has 0 spiro atoms. The Balaban J connectivity index is 1.74. The zero-order valence-corrected chi connectivity index (χ0v) is 14.3. The molecule has 1 heterocycles. The van der Waals surface area contributed by atoms with E-state index in [-0.39, 0.29) is 34.9 Å². The Hall–Kier alpha value is -3.75. The van der Waals surface area contributed by atoms with Gasteiger partial charge in [-0.15, -0.1) is 0 Å². The highest BCUT2D eigenvalue weighted by Crippen LogP contribution is 2.30. The van der Waals surface area contributed by atoms with Crippen LogP contribution >= 0.6 is 0 Å². The van der Waals surface area contributed by atoms with Gasteiger partial charge in [-0.25, -0.2) is 0 Å². The van der Waals surface area contributed by atoms with E-state index < -0.39 is 29.2 Å². The van der Waals surface area contributed by atoms with Crippen molar-refractivity contribution in [1.82, 2.24) is 4.90 Å². The van der Waals surface area contributed by atoms with E-state index in [4.69, 9.17) is 4.74 Å². The quantitative estimate of drug-likeness (QED) is 0.474. The lowest BCUT2D eigenvalue weighted by atomic mass is 10.1. The van der Waals surface area contributed by atoms with Crippen LogP contribution in [0.1, 0.15) is 27.6 Å². The number of imide groups is 1. The Bertz CT molecular complexity index is 921. The van der Waals surface area contributed by atoms with Crippen molar-refractivity contribution in [2.24, 2.45) is 0 Å². The van der Waals surface area contributed by atoms with Crippen molar-refractivity contribution in [3.63, 3.8) is 0 Å². The number of amides is 3. The van der Waals surface area contributed by atoms with E-state index in [1.165, 1.54) is 24.3 Å². The van der Waals surface area contributed by atoms with Gasteiger partial charge in [0.25, 0.3) is 11.8 Å². The summed E-state index contributed by atoms with van der Waals surface area (Å²) in [6.45, 7) is 1.46. The molecule has 3 rings (SSSR count). The predicted octanol–water partition coefficient (Wildman–Crippen LogP) is 2.23. The number of ether oxygens (including phenoxy) is 1. The molecule has 0 radical (unpaired) electrons. The van der Waals surface area contributed by atoms with Crippen molar-refractivity contribution in [1.29, 1.82) is 0 Å². The van der Waals surface area contributed by atoms with E-state index in [0.29, 0.717) is 0 Å². The van der Waals surface area contributed by atoms with Gasteiger partial charge in [0.15, 0.2) is 5.75 Å². The van der Waals surface area contributed by atoms with Gasteiger partial charge in [-0.3, -0.25) is 29.4 Å². The number of nitro groups is 1. The molecule has 0 aliphatic carbocycles. The van der Waals surface area contributed by atoms with E-state index in [2.05, 4.69) is 5.32 Å². The maximum atomic E-state index is 12.3. The van der Waals surface area contributed by atoms with Crippen molar-refractivity contribution >= 4 is 29.1 Å². The number of carbonyl (C=O) groups excluding carboxylic acids is 3. The highest BCUT2D eigenvalue weighted by atomic mass is 16.6. The van der Waals surface area contributed by atoms with E-state index >= 15 is 0 Å². The monoisotopic (exact) mass is 369 g/mol. The number of hydrogen-bond acceptors (Lipinski definition) is 6. The number of anilines is 1. The summed E-state index contributed by atoms with van der Waals surface area (Å²) < 4.78 is 5.18. The lowest BCUT2D eigenvalue weighted by Crippen LogP contribution is -2.37. The van der Waals surface area contributed by atoms with Crippen molar-refractivity contribution in [2.45, 2.75) is 6.92 Å². The minimum absolute atomic E-state index is 0.0841. The maximum absolute atomic E-state index is 12.3. The second-order valence-corrected chi connectivity index (χ2v) is 5.66. The van der Waals surface area contributed by atoms with Crippen LogP contribution in [0.5, 0.6) is 5.75 Å². The molecule has 0 saturated carbocycles. The van der Waals surface area contributed by atoms with Gasteiger partial charge in [0.1, 0.15) is 6.54 Å². The molecular weight excluding hydrogens is 354 g/mol. The molecule has 2 aromatic rings. The maximum Gasteiger partial charge on any atom is 0.312 e. The Morgan fingerprint density at radius 3 is 2.33 bits per heavy atom. The summed E-state index contributed by atoms with van der Waals surface area (Å²) in [6, 6.07) is 10.3. The van der Waals surface area contributed by atoms with Crippen molar-refractivity contribution in [2.75, 3.05) is 18.5 Å². The molecule has 9 heteroatoms. The summed E-state index contributed by atoms with van der Waals surface area (Å²) in [4.78, 5) is 48.1. The number of rotatable bonds is 6. The molecule has 0 atom stereocenters. The Labute approximate surface area is 153 Å². The number of fused-ring (bicyclic) bond motifs is 1. The Morgan fingerprint density at radius 1 is 1.15 bits per heavy atom. The van der Waals surface area contributed by atoms with E-state index in [0.717, 1.165) is 11.0 Å². The summed E-state index contributed by atoms with van der Waals surface area (Å²) in [6.07, 6.45) is 0. The van der Waals surface area contributed by atoms with Gasteiger partial charge in [-0.1, -0.05) is 12.1 Å². The number of carbonyl (C=O) groups is 3. The minimum atomic E-state index is -0.650. The van der Waals surface area contributed by atoms with Crippen LogP contribution in [0.15, 0.2) is 42.5 Å². The van der Waals surface area contributed by atoms with Crippen molar-refractivity contribution in [3.05, 3.63) is 63.7 Å².